The van der Waals surface area contributed by atoms with Gasteiger partial charge in [-0.3, -0.25) is 0 Å². The fraction of sp³-hybridized carbons (Fsp3) is 0.867. The fourth-order valence-electron chi connectivity index (χ4n) is 3.60. The molecule has 3 rings (SSSR count). The molecule has 0 bridgehead atoms. The molecule has 1 aliphatic carbocycles. The van der Waals surface area contributed by atoms with Crippen molar-refractivity contribution in [2.75, 3.05) is 25.0 Å². The van der Waals surface area contributed by atoms with Crippen molar-refractivity contribution < 1.29 is 4.52 Å². The summed E-state index contributed by atoms with van der Waals surface area (Å²) >= 11 is 0. The summed E-state index contributed by atoms with van der Waals surface area (Å²) in [6.45, 7) is 2.13. The predicted octanol–water partition coefficient (Wildman–Crippen LogP) is 2.38. The van der Waals surface area contributed by atoms with Crippen LogP contribution in [0.4, 0.5) is 5.95 Å². The number of rotatable bonds is 5. The number of piperidine rings is 1. The summed E-state index contributed by atoms with van der Waals surface area (Å²) in [5.41, 5.74) is 0. The fourth-order valence-corrected chi connectivity index (χ4v) is 3.60. The highest BCUT2D eigenvalue weighted by atomic mass is 16.5. The van der Waals surface area contributed by atoms with Gasteiger partial charge in [0.15, 0.2) is 0 Å². The van der Waals surface area contributed by atoms with Crippen molar-refractivity contribution in [3.63, 3.8) is 0 Å². The van der Waals surface area contributed by atoms with Crippen LogP contribution in [-0.4, -0.2) is 36.3 Å². The minimum atomic E-state index is 0.479. The van der Waals surface area contributed by atoms with Crippen molar-refractivity contribution in [3.05, 3.63) is 5.89 Å². The zero-order valence-electron chi connectivity index (χ0n) is 12.5. The lowest BCUT2D eigenvalue weighted by atomic mass is 9.95. The van der Waals surface area contributed by atoms with Crippen molar-refractivity contribution in [1.29, 1.82) is 0 Å². The molecule has 5 nitrogen and oxygen atoms in total. The first kappa shape index (κ1) is 13.9. The van der Waals surface area contributed by atoms with E-state index in [1.165, 1.54) is 44.9 Å². The first-order valence-corrected chi connectivity index (χ1v) is 8.11. The van der Waals surface area contributed by atoms with E-state index >= 15 is 0 Å². The Hall–Kier alpha value is -1.10. The van der Waals surface area contributed by atoms with E-state index in [2.05, 4.69) is 20.4 Å². The average molecular weight is 278 g/mol. The number of likely N-dealkylation sites (N-methyl/N-ethyl adjacent to an activating group) is 1. The van der Waals surface area contributed by atoms with Gasteiger partial charge in [-0.15, -0.1) is 0 Å². The van der Waals surface area contributed by atoms with Crippen LogP contribution in [0.3, 0.4) is 0 Å². The van der Waals surface area contributed by atoms with Crippen LogP contribution in [0.1, 0.15) is 50.8 Å². The summed E-state index contributed by atoms with van der Waals surface area (Å²) in [6, 6.07) is 0.479. The van der Waals surface area contributed by atoms with Crippen LogP contribution in [0.15, 0.2) is 4.52 Å². The van der Waals surface area contributed by atoms with E-state index in [0.717, 1.165) is 37.3 Å². The smallest absolute Gasteiger partial charge is 0.266 e. The average Bonchev–Trinajstić information content (AvgIpc) is 3.17. The van der Waals surface area contributed by atoms with Crippen LogP contribution in [0.2, 0.25) is 0 Å². The number of anilines is 1. The Kier molecular flexibility index (Phi) is 4.55. The highest BCUT2D eigenvalue weighted by molar-refractivity contribution is 5.28. The molecule has 0 amide bonds. The maximum absolute atomic E-state index is 5.47. The Bertz CT molecular complexity index is 408. The molecule has 2 fully saturated rings. The molecule has 1 unspecified atom stereocenters. The second kappa shape index (κ2) is 6.57. The SMILES string of the molecule is CNC(Cc1nc(N2CCCCC2)no1)C1CCCC1. The number of hydrogen-bond acceptors (Lipinski definition) is 5. The Labute approximate surface area is 121 Å². The van der Waals surface area contributed by atoms with Crippen LogP contribution >= 0.6 is 0 Å². The van der Waals surface area contributed by atoms with Gasteiger partial charge in [-0.1, -0.05) is 12.8 Å². The highest BCUT2D eigenvalue weighted by Gasteiger charge is 2.26. The third-order valence-electron chi connectivity index (χ3n) is 4.83. The van der Waals surface area contributed by atoms with Crippen LogP contribution in [0.25, 0.3) is 0 Å². The van der Waals surface area contributed by atoms with E-state index in [9.17, 15) is 0 Å². The number of nitrogens with one attached hydrogen (secondary N) is 1. The van der Waals surface area contributed by atoms with Crippen LogP contribution in [-0.2, 0) is 6.42 Å². The lowest BCUT2D eigenvalue weighted by Crippen LogP contribution is -2.34. The van der Waals surface area contributed by atoms with Gasteiger partial charge in [0.05, 0.1) is 0 Å². The predicted molar refractivity (Wildman–Crippen MR) is 78.9 cm³/mol. The molecule has 0 aromatic carbocycles. The number of nitrogens with zero attached hydrogens (tertiary/aromatic N) is 3. The van der Waals surface area contributed by atoms with E-state index in [0.29, 0.717) is 6.04 Å². The van der Waals surface area contributed by atoms with E-state index in [1.54, 1.807) is 0 Å². The molecule has 20 heavy (non-hydrogen) atoms. The van der Waals surface area contributed by atoms with Crippen LogP contribution < -0.4 is 10.2 Å². The molecule has 1 aromatic rings. The van der Waals surface area contributed by atoms with Gasteiger partial charge in [0, 0.05) is 25.6 Å². The van der Waals surface area contributed by atoms with E-state index in [4.69, 9.17) is 4.52 Å². The van der Waals surface area contributed by atoms with Crippen molar-refractivity contribution >= 4 is 5.95 Å². The molecule has 1 aliphatic heterocycles. The van der Waals surface area contributed by atoms with Crippen LogP contribution in [0, 0.1) is 5.92 Å². The normalized spacial score (nSPS) is 22.4. The topological polar surface area (TPSA) is 54.2 Å². The molecule has 1 aromatic heterocycles. The molecule has 1 saturated carbocycles. The van der Waals surface area contributed by atoms with Gasteiger partial charge in [0.2, 0.25) is 5.89 Å². The van der Waals surface area contributed by atoms with Crippen molar-refractivity contribution in [2.24, 2.45) is 5.92 Å². The maximum atomic E-state index is 5.47. The summed E-state index contributed by atoms with van der Waals surface area (Å²) in [5, 5.41) is 7.61. The molecular weight excluding hydrogens is 252 g/mol. The molecule has 1 N–H and O–H groups in total. The second-order valence-corrected chi connectivity index (χ2v) is 6.18. The molecule has 1 atom stereocenters. The molecule has 0 radical (unpaired) electrons. The second-order valence-electron chi connectivity index (χ2n) is 6.18. The highest BCUT2D eigenvalue weighted by Crippen LogP contribution is 2.29. The molecule has 5 heteroatoms. The molecule has 112 valence electrons. The maximum Gasteiger partial charge on any atom is 0.266 e. The summed E-state index contributed by atoms with van der Waals surface area (Å²) in [5.74, 6) is 2.35. The summed E-state index contributed by atoms with van der Waals surface area (Å²) in [6.07, 6.45) is 10.1. The monoisotopic (exact) mass is 278 g/mol. The summed E-state index contributed by atoms with van der Waals surface area (Å²) in [7, 11) is 2.05. The summed E-state index contributed by atoms with van der Waals surface area (Å²) < 4.78 is 5.47. The minimum Gasteiger partial charge on any atom is -0.338 e. The van der Waals surface area contributed by atoms with E-state index < -0.39 is 0 Å². The van der Waals surface area contributed by atoms with Crippen molar-refractivity contribution in [1.82, 2.24) is 15.5 Å². The quantitative estimate of drug-likeness (QED) is 0.896. The van der Waals surface area contributed by atoms with Crippen molar-refractivity contribution in [3.8, 4) is 0 Å². The van der Waals surface area contributed by atoms with Gasteiger partial charge in [-0.25, -0.2) is 0 Å². The molecule has 2 heterocycles. The lowest BCUT2D eigenvalue weighted by molar-refractivity contribution is 0.318. The van der Waals surface area contributed by atoms with Gasteiger partial charge >= 0.3 is 0 Å². The molecule has 0 spiro atoms. The Morgan fingerprint density at radius 2 is 1.95 bits per heavy atom. The zero-order valence-corrected chi connectivity index (χ0v) is 12.5. The first-order valence-electron chi connectivity index (χ1n) is 8.11. The van der Waals surface area contributed by atoms with Gasteiger partial charge in [-0.05, 0) is 50.2 Å². The number of hydrogen-bond donors (Lipinski definition) is 1. The number of aromatic nitrogens is 2. The van der Waals surface area contributed by atoms with Gasteiger partial charge in [0.25, 0.3) is 5.95 Å². The lowest BCUT2D eigenvalue weighted by Gasteiger charge is -2.24. The summed E-state index contributed by atoms with van der Waals surface area (Å²) in [4.78, 5) is 6.85. The van der Waals surface area contributed by atoms with Gasteiger partial charge in [-0.2, -0.15) is 4.98 Å². The Morgan fingerprint density at radius 3 is 2.65 bits per heavy atom. The van der Waals surface area contributed by atoms with E-state index in [-0.39, 0.29) is 0 Å². The van der Waals surface area contributed by atoms with Gasteiger partial charge < -0.3 is 14.7 Å². The molecule has 2 aliphatic rings. The minimum absolute atomic E-state index is 0.479. The Balaban J connectivity index is 1.60. The van der Waals surface area contributed by atoms with Gasteiger partial charge in [0.1, 0.15) is 0 Å². The Morgan fingerprint density at radius 1 is 1.20 bits per heavy atom. The third kappa shape index (κ3) is 3.14. The molecular formula is C15H26N4O. The van der Waals surface area contributed by atoms with E-state index in [1.807, 2.05) is 7.05 Å². The standard InChI is InChI=1S/C15H26N4O/c1-16-13(12-7-3-4-8-12)11-14-17-15(18-20-14)19-9-5-2-6-10-19/h12-13,16H,2-11H2,1H3. The van der Waals surface area contributed by atoms with Crippen molar-refractivity contribution in [2.45, 2.75) is 57.4 Å². The first-order chi connectivity index (χ1) is 9.86. The van der Waals surface area contributed by atoms with Crippen LogP contribution in [0.5, 0.6) is 0 Å². The third-order valence-corrected chi connectivity index (χ3v) is 4.83. The largest absolute Gasteiger partial charge is 0.338 e. The zero-order chi connectivity index (χ0) is 13.8. The molecule has 1 saturated heterocycles.